The van der Waals surface area contributed by atoms with Gasteiger partial charge in [-0.15, -0.1) is 0 Å². The lowest BCUT2D eigenvalue weighted by molar-refractivity contribution is 0.213. The molecule has 2 rings (SSSR count). The van der Waals surface area contributed by atoms with Crippen molar-refractivity contribution in [3.05, 3.63) is 23.8 Å². The number of piperazine rings is 1. The van der Waals surface area contributed by atoms with E-state index in [2.05, 4.69) is 35.9 Å². The topological polar surface area (TPSA) is 41.7 Å². The van der Waals surface area contributed by atoms with Gasteiger partial charge in [0.15, 0.2) is 0 Å². The summed E-state index contributed by atoms with van der Waals surface area (Å²) >= 11 is 0. The molecule has 0 saturated carbocycles. The molecular formula is C16H27N3O. The van der Waals surface area contributed by atoms with E-state index in [9.17, 15) is 0 Å². The van der Waals surface area contributed by atoms with Gasteiger partial charge >= 0.3 is 0 Å². The van der Waals surface area contributed by atoms with E-state index in [0.29, 0.717) is 6.04 Å². The molecule has 4 nitrogen and oxygen atoms in total. The number of methoxy groups -OCH3 is 1. The van der Waals surface area contributed by atoms with Crippen LogP contribution in [-0.4, -0.2) is 44.7 Å². The summed E-state index contributed by atoms with van der Waals surface area (Å²) in [4.78, 5) is 4.90. The molecule has 1 aromatic rings. The molecule has 1 fully saturated rings. The molecule has 0 aromatic heterocycles. The third-order valence-corrected chi connectivity index (χ3v) is 4.31. The number of nitrogens with zero attached hydrogens (tertiary/aromatic N) is 2. The highest BCUT2D eigenvalue weighted by Gasteiger charge is 2.26. The molecule has 4 heteroatoms. The van der Waals surface area contributed by atoms with Crippen molar-refractivity contribution in [2.24, 2.45) is 5.73 Å². The minimum absolute atomic E-state index is 0.0270. The van der Waals surface area contributed by atoms with Gasteiger partial charge in [0.05, 0.1) is 7.11 Å². The lowest BCUT2D eigenvalue weighted by Crippen LogP contribution is -2.51. The molecule has 1 aliphatic heterocycles. The molecule has 20 heavy (non-hydrogen) atoms. The number of likely N-dealkylation sites (N-methyl/N-ethyl adjacent to an activating group) is 1. The molecule has 0 radical (unpaired) electrons. The number of hydrogen-bond acceptors (Lipinski definition) is 4. The van der Waals surface area contributed by atoms with Crippen LogP contribution in [0.4, 0.5) is 5.69 Å². The summed E-state index contributed by atoms with van der Waals surface area (Å²) in [7, 11) is 3.92. The molecule has 1 aromatic carbocycles. The molecule has 1 aliphatic rings. The Balaban J connectivity index is 2.32. The second kappa shape index (κ2) is 6.46. The summed E-state index contributed by atoms with van der Waals surface area (Å²) in [5, 5.41) is 0. The van der Waals surface area contributed by atoms with Gasteiger partial charge < -0.3 is 15.4 Å². The van der Waals surface area contributed by atoms with Gasteiger partial charge in [0, 0.05) is 43.0 Å². The van der Waals surface area contributed by atoms with E-state index in [0.717, 1.165) is 30.9 Å². The predicted octanol–water partition coefficient (Wildman–Crippen LogP) is 2.25. The highest BCUT2D eigenvalue weighted by molar-refractivity contribution is 5.61. The molecule has 0 aliphatic carbocycles. The first-order chi connectivity index (χ1) is 9.58. The minimum atomic E-state index is -0.0270. The van der Waals surface area contributed by atoms with Crippen LogP contribution in [0.2, 0.25) is 0 Å². The van der Waals surface area contributed by atoms with Crippen LogP contribution in [0.25, 0.3) is 0 Å². The van der Waals surface area contributed by atoms with Crippen molar-refractivity contribution < 1.29 is 4.74 Å². The van der Waals surface area contributed by atoms with Gasteiger partial charge in [-0.3, -0.25) is 4.90 Å². The van der Waals surface area contributed by atoms with Gasteiger partial charge in [-0.1, -0.05) is 13.0 Å². The van der Waals surface area contributed by atoms with Crippen LogP contribution in [0.15, 0.2) is 18.2 Å². The van der Waals surface area contributed by atoms with Gasteiger partial charge in [0.1, 0.15) is 5.75 Å². The normalized spacial score (nSPS) is 21.9. The van der Waals surface area contributed by atoms with Crippen LogP contribution in [0.3, 0.4) is 0 Å². The lowest BCUT2D eigenvalue weighted by Gasteiger charge is -2.41. The van der Waals surface area contributed by atoms with Crippen molar-refractivity contribution in [3.8, 4) is 5.75 Å². The average Bonchev–Trinajstić information content (AvgIpc) is 2.46. The number of anilines is 1. The first-order valence-electron chi connectivity index (χ1n) is 7.46. The van der Waals surface area contributed by atoms with Crippen LogP contribution in [-0.2, 0) is 0 Å². The summed E-state index contributed by atoms with van der Waals surface area (Å²) < 4.78 is 5.50. The summed E-state index contributed by atoms with van der Waals surface area (Å²) in [5.41, 5.74) is 8.52. The second-order valence-corrected chi connectivity index (χ2v) is 5.67. The van der Waals surface area contributed by atoms with E-state index in [1.165, 1.54) is 12.1 Å². The monoisotopic (exact) mass is 277 g/mol. The third kappa shape index (κ3) is 2.91. The van der Waals surface area contributed by atoms with Gasteiger partial charge in [-0.05, 0) is 32.5 Å². The maximum absolute atomic E-state index is 6.17. The van der Waals surface area contributed by atoms with Gasteiger partial charge in [-0.25, -0.2) is 0 Å². The summed E-state index contributed by atoms with van der Waals surface area (Å²) in [5.74, 6) is 0.893. The van der Waals surface area contributed by atoms with Gasteiger partial charge in [0.2, 0.25) is 0 Å². The van der Waals surface area contributed by atoms with Crippen LogP contribution in [0, 0.1) is 0 Å². The molecule has 2 N–H and O–H groups in total. The van der Waals surface area contributed by atoms with Crippen molar-refractivity contribution in [2.45, 2.75) is 32.4 Å². The van der Waals surface area contributed by atoms with E-state index in [4.69, 9.17) is 10.5 Å². The van der Waals surface area contributed by atoms with E-state index in [1.54, 1.807) is 7.11 Å². The van der Waals surface area contributed by atoms with Crippen molar-refractivity contribution in [2.75, 3.05) is 38.7 Å². The molecule has 0 bridgehead atoms. The molecule has 0 spiro atoms. The van der Waals surface area contributed by atoms with Crippen molar-refractivity contribution in [1.82, 2.24) is 4.90 Å². The van der Waals surface area contributed by atoms with Crippen molar-refractivity contribution in [3.63, 3.8) is 0 Å². The fourth-order valence-electron chi connectivity index (χ4n) is 3.05. The third-order valence-electron chi connectivity index (χ3n) is 4.31. The standard InChI is InChI=1S/C16H27N3O/c1-5-13-11-19(10-9-18(13)3)14-7-6-8-15(20-4)16(14)12(2)17/h6-8,12-13H,5,9-11,17H2,1-4H3. The first-order valence-corrected chi connectivity index (χ1v) is 7.46. The molecule has 1 heterocycles. The van der Waals surface area contributed by atoms with E-state index in [1.807, 2.05) is 13.0 Å². The quantitative estimate of drug-likeness (QED) is 0.916. The van der Waals surface area contributed by atoms with Crippen molar-refractivity contribution >= 4 is 5.69 Å². The molecule has 2 atom stereocenters. The fourth-order valence-corrected chi connectivity index (χ4v) is 3.05. The predicted molar refractivity (Wildman–Crippen MR) is 84.5 cm³/mol. The summed E-state index contributed by atoms with van der Waals surface area (Å²) in [6, 6.07) is 6.80. The number of ether oxygens (including phenoxy) is 1. The highest BCUT2D eigenvalue weighted by atomic mass is 16.5. The molecular weight excluding hydrogens is 250 g/mol. The molecule has 2 unspecified atom stereocenters. The molecule has 112 valence electrons. The maximum Gasteiger partial charge on any atom is 0.125 e. The van der Waals surface area contributed by atoms with Crippen molar-refractivity contribution in [1.29, 1.82) is 0 Å². The fraction of sp³-hybridized carbons (Fsp3) is 0.625. The Bertz CT molecular complexity index is 447. The van der Waals surface area contributed by atoms with E-state index >= 15 is 0 Å². The lowest BCUT2D eigenvalue weighted by atomic mass is 10.0. The van der Waals surface area contributed by atoms with Gasteiger partial charge in [-0.2, -0.15) is 0 Å². The zero-order chi connectivity index (χ0) is 14.7. The van der Waals surface area contributed by atoms with Crippen LogP contribution >= 0.6 is 0 Å². The second-order valence-electron chi connectivity index (χ2n) is 5.67. The van der Waals surface area contributed by atoms with Crippen LogP contribution in [0.5, 0.6) is 5.75 Å². The number of rotatable bonds is 4. The highest BCUT2D eigenvalue weighted by Crippen LogP contribution is 2.34. The number of hydrogen-bond donors (Lipinski definition) is 1. The summed E-state index contributed by atoms with van der Waals surface area (Å²) in [6.07, 6.45) is 1.17. The van der Waals surface area contributed by atoms with Crippen LogP contribution in [0.1, 0.15) is 31.9 Å². The smallest absolute Gasteiger partial charge is 0.125 e. The Labute approximate surface area is 122 Å². The Morgan fingerprint density at radius 3 is 2.75 bits per heavy atom. The summed E-state index contributed by atoms with van der Waals surface area (Å²) in [6.45, 7) is 7.46. The average molecular weight is 277 g/mol. The Kier molecular flexibility index (Phi) is 4.89. The Hall–Kier alpha value is -1.26. The Morgan fingerprint density at radius 1 is 1.40 bits per heavy atom. The number of benzene rings is 1. The zero-order valence-electron chi connectivity index (χ0n) is 13.1. The molecule has 0 amide bonds. The van der Waals surface area contributed by atoms with Gasteiger partial charge in [0.25, 0.3) is 0 Å². The minimum Gasteiger partial charge on any atom is -0.496 e. The largest absolute Gasteiger partial charge is 0.496 e. The Morgan fingerprint density at radius 2 is 2.15 bits per heavy atom. The molecule has 1 saturated heterocycles. The number of nitrogens with two attached hydrogens (primary N) is 1. The zero-order valence-corrected chi connectivity index (χ0v) is 13.1. The van der Waals surface area contributed by atoms with E-state index in [-0.39, 0.29) is 6.04 Å². The SMILES string of the molecule is CCC1CN(c2cccc(OC)c2C(C)N)CCN1C. The first kappa shape index (κ1) is 15.1. The maximum atomic E-state index is 6.17. The van der Waals surface area contributed by atoms with E-state index < -0.39 is 0 Å². The van der Waals surface area contributed by atoms with Crippen LogP contribution < -0.4 is 15.4 Å².